The van der Waals surface area contributed by atoms with Crippen LogP contribution in [0.5, 0.6) is 5.75 Å². The summed E-state index contributed by atoms with van der Waals surface area (Å²) >= 11 is 0. The number of methoxy groups -OCH3 is 1. The van der Waals surface area contributed by atoms with Gasteiger partial charge in [0.05, 0.1) is 12.7 Å². The normalized spacial score (nSPS) is 15.5. The van der Waals surface area contributed by atoms with E-state index in [1.807, 2.05) is 83.1 Å². The zero-order chi connectivity index (χ0) is 34.6. The molecule has 4 aromatic carbocycles. The van der Waals surface area contributed by atoms with Gasteiger partial charge in [0.25, 0.3) is 0 Å². The van der Waals surface area contributed by atoms with Gasteiger partial charge in [-0.1, -0.05) is 78.9 Å². The van der Waals surface area contributed by atoms with Gasteiger partial charge in [-0.15, -0.1) is 0 Å². The number of aryl methyl sites for hydroxylation is 1. The number of hydrogen-bond donors (Lipinski definition) is 1. The van der Waals surface area contributed by atoms with Crippen LogP contribution in [0.1, 0.15) is 77.0 Å². The lowest BCUT2D eigenvalue weighted by Gasteiger charge is -2.35. The van der Waals surface area contributed by atoms with Crippen LogP contribution in [0.4, 0.5) is 4.39 Å². The number of esters is 2. The van der Waals surface area contributed by atoms with E-state index < -0.39 is 22.9 Å². The summed E-state index contributed by atoms with van der Waals surface area (Å²) in [6, 6.07) is 26.4. The molecule has 0 aliphatic heterocycles. The summed E-state index contributed by atoms with van der Waals surface area (Å²) in [5.74, 6) is -1.32. The van der Waals surface area contributed by atoms with Gasteiger partial charge in [0.2, 0.25) is 0 Å². The molecule has 250 valence electrons. The van der Waals surface area contributed by atoms with E-state index in [9.17, 15) is 14.0 Å². The van der Waals surface area contributed by atoms with Crippen molar-refractivity contribution in [3.05, 3.63) is 141 Å². The first kappa shape index (κ1) is 34.6. The molecule has 6 nitrogen and oxygen atoms in total. The number of nitrogens with one attached hydrogen (secondary N) is 1. The minimum atomic E-state index is -1.30. The molecule has 2 atom stereocenters. The lowest BCUT2D eigenvalue weighted by atomic mass is 9.79. The van der Waals surface area contributed by atoms with Crippen LogP contribution in [-0.2, 0) is 32.8 Å². The van der Waals surface area contributed by atoms with Crippen LogP contribution in [0.2, 0.25) is 0 Å². The molecule has 0 saturated carbocycles. The number of carbonyl (C=O) groups is 2. The van der Waals surface area contributed by atoms with Crippen molar-refractivity contribution >= 4 is 17.5 Å². The fraction of sp³-hybridized carbons (Fsp3) is 0.317. The highest BCUT2D eigenvalue weighted by Gasteiger charge is 2.40. The molecule has 1 N–H and O–H groups in total. The first-order chi connectivity index (χ1) is 22.8. The first-order valence-electron chi connectivity index (χ1n) is 16.2. The van der Waals surface area contributed by atoms with Gasteiger partial charge in [-0.25, -0.2) is 14.0 Å². The fourth-order valence-corrected chi connectivity index (χ4v) is 6.22. The second kappa shape index (κ2) is 14.2. The Labute approximate surface area is 282 Å². The van der Waals surface area contributed by atoms with E-state index in [0.717, 1.165) is 45.4 Å². The molecule has 0 heterocycles. The standard InChI is InChI=1S/C41H44FNO5/c1-26-17-19-32(27(2)37(26)38(44)47-25-28-13-9-8-10-14-28)34-22-29(21-30-15-11-12-16-33(30)34)24-43-41(6,39(45)48-40(3,4)5)31-18-20-35(42)36(23-31)46-7/h8-20,22-23,29,43H,21,24-25H2,1-7H3/t29-,41-/m1/s1. The van der Waals surface area contributed by atoms with Crippen molar-refractivity contribution in [2.24, 2.45) is 5.92 Å². The molecule has 48 heavy (non-hydrogen) atoms. The highest BCUT2D eigenvalue weighted by molar-refractivity contribution is 5.96. The third-order valence-electron chi connectivity index (χ3n) is 8.83. The largest absolute Gasteiger partial charge is 0.494 e. The van der Waals surface area contributed by atoms with Crippen molar-refractivity contribution in [2.75, 3.05) is 13.7 Å². The summed E-state index contributed by atoms with van der Waals surface area (Å²) in [5.41, 5.74) is 5.91. The second-order valence-corrected chi connectivity index (χ2v) is 13.6. The quantitative estimate of drug-likeness (QED) is 0.175. The predicted octanol–water partition coefficient (Wildman–Crippen LogP) is 8.26. The molecule has 4 aromatic rings. The number of benzene rings is 4. The summed E-state index contributed by atoms with van der Waals surface area (Å²) < 4.78 is 31.3. The summed E-state index contributed by atoms with van der Waals surface area (Å²) in [5, 5.41) is 3.49. The van der Waals surface area contributed by atoms with E-state index in [2.05, 4.69) is 29.6 Å². The molecule has 0 radical (unpaired) electrons. The van der Waals surface area contributed by atoms with Gasteiger partial charge in [0.1, 0.15) is 17.7 Å². The van der Waals surface area contributed by atoms with Crippen LogP contribution < -0.4 is 10.1 Å². The highest BCUT2D eigenvalue weighted by Crippen LogP contribution is 2.38. The average molecular weight is 650 g/mol. The number of rotatable bonds is 10. The van der Waals surface area contributed by atoms with Gasteiger partial charge in [0.15, 0.2) is 11.6 Å². The van der Waals surface area contributed by atoms with Crippen molar-refractivity contribution in [1.82, 2.24) is 5.32 Å². The molecule has 0 spiro atoms. The zero-order valence-corrected chi connectivity index (χ0v) is 28.8. The minimum absolute atomic E-state index is 0.0202. The molecule has 0 amide bonds. The maximum Gasteiger partial charge on any atom is 0.339 e. The predicted molar refractivity (Wildman–Crippen MR) is 186 cm³/mol. The summed E-state index contributed by atoms with van der Waals surface area (Å²) in [6.07, 6.45) is 2.95. The molecule has 0 fully saturated rings. The number of fused-ring (bicyclic) bond motifs is 1. The minimum Gasteiger partial charge on any atom is -0.494 e. The van der Waals surface area contributed by atoms with Crippen LogP contribution in [-0.4, -0.2) is 31.2 Å². The van der Waals surface area contributed by atoms with E-state index in [1.165, 1.54) is 19.2 Å². The molecule has 5 rings (SSSR count). The molecule has 0 aromatic heterocycles. The highest BCUT2D eigenvalue weighted by atomic mass is 19.1. The molecule has 7 heteroatoms. The maximum atomic E-state index is 14.4. The first-order valence-corrected chi connectivity index (χ1v) is 16.2. The van der Waals surface area contributed by atoms with Gasteiger partial charge in [-0.05, 0) is 111 Å². The molecule has 0 unspecified atom stereocenters. The van der Waals surface area contributed by atoms with E-state index in [-0.39, 0.29) is 24.2 Å². The lowest BCUT2D eigenvalue weighted by Crippen LogP contribution is -2.51. The van der Waals surface area contributed by atoms with Crippen molar-refractivity contribution in [3.63, 3.8) is 0 Å². The topological polar surface area (TPSA) is 73.9 Å². The Balaban J connectivity index is 1.49. The molecule has 0 bridgehead atoms. The monoisotopic (exact) mass is 649 g/mol. The van der Waals surface area contributed by atoms with Gasteiger partial charge in [-0.3, -0.25) is 5.32 Å². The average Bonchev–Trinajstić information content (AvgIpc) is 3.06. The fourth-order valence-electron chi connectivity index (χ4n) is 6.22. The third-order valence-corrected chi connectivity index (χ3v) is 8.83. The van der Waals surface area contributed by atoms with Crippen LogP contribution in [0.15, 0.2) is 91.0 Å². The lowest BCUT2D eigenvalue weighted by molar-refractivity contribution is -0.163. The molecule has 1 aliphatic rings. The van der Waals surface area contributed by atoms with E-state index in [1.54, 1.807) is 13.0 Å². The van der Waals surface area contributed by atoms with Gasteiger partial charge in [0, 0.05) is 6.54 Å². The maximum absolute atomic E-state index is 14.4. The Morgan fingerprint density at radius 3 is 2.31 bits per heavy atom. The number of ether oxygens (including phenoxy) is 3. The van der Waals surface area contributed by atoms with E-state index in [0.29, 0.717) is 17.7 Å². The number of halogens is 1. The summed E-state index contributed by atoms with van der Waals surface area (Å²) in [7, 11) is 1.40. The molecular weight excluding hydrogens is 605 g/mol. The van der Waals surface area contributed by atoms with Crippen molar-refractivity contribution in [3.8, 4) is 5.75 Å². The van der Waals surface area contributed by atoms with Crippen LogP contribution in [0.25, 0.3) is 5.57 Å². The van der Waals surface area contributed by atoms with Crippen molar-refractivity contribution in [1.29, 1.82) is 0 Å². The Bertz CT molecular complexity index is 1840. The third kappa shape index (κ3) is 7.52. The van der Waals surface area contributed by atoms with Crippen molar-refractivity contribution < 1.29 is 28.2 Å². The Morgan fingerprint density at radius 1 is 0.896 bits per heavy atom. The summed E-state index contributed by atoms with van der Waals surface area (Å²) in [4.78, 5) is 27.2. The molecule has 0 saturated heterocycles. The van der Waals surface area contributed by atoms with Crippen LogP contribution in [0.3, 0.4) is 0 Å². The molecule has 1 aliphatic carbocycles. The SMILES string of the molecule is COc1cc([C@@](C)(NC[C@H]2C=C(c3ccc(C)c(C(=O)OCc4ccccc4)c3C)c3ccccc3C2)C(=O)OC(C)(C)C)ccc1F. The smallest absolute Gasteiger partial charge is 0.339 e. The number of hydrogen-bond acceptors (Lipinski definition) is 6. The zero-order valence-electron chi connectivity index (χ0n) is 28.8. The van der Waals surface area contributed by atoms with Crippen LogP contribution >= 0.6 is 0 Å². The van der Waals surface area contributed by atoms with Gasteiger partial charge < -0.3 is 14.2 Å². The Kier molecular flexibility index (Phi) is 10.2. The van der Waals surface area contributed by atoms with E-state index >= 15 is 0 Å². The van der Waals surface area contributed by atoms with Gasteiger partial charge in [-0.2, -0.15) is 0 Å². The van der Waals surface area contributed by atoms with Gasteiger partial charge >= 0.3 is 11.9 Å². The van der Waals surface area contributed by atoms with Crippen LogP contribution in [0, 0.1) is 25.6 Å². The second-order valence-electron chi connectivity index (χ2n) is 13.6. The Morgan fingerprint density at radius 2 is 1.60 bits per heavy atom. The Hall–Kier alpha value is -4.75. The van der Waals surface area contributed by atoms with E-state index in [4.69, 9.17) is 14.2 Å². The molecular formula is C41H44FNO5. The van der Waals surface area contributed by atoms with Crippen molar-refractivity contribution in [2.45, 2.75) is 65.7 Å². The summed E-state index contributed by atoms with van der Waals surface area (Å²) in [6.45, 7) is 11.7. The number of carbonyl (C=O) groups excluding carboxylic acids is 2.